The molecule has 4 heteroatoms. The zero-order valence-corrected chi connectivity index (χ0v) is 10.8. The Hall–Kier alpha value is -0.770. The number of rotatable bonds is 3. The van der Waals surface area contributed by atoms with E-state index in [4.69, 9.17) is 4.74 Å². The van der Waals surface area contributed by atoms with Gasteiger partial charge in [0.15, 0.2) is 0 Å². The molecule has 1 heterocycles. The van der Waals surface area contributed by atoms with Crippen LogP contribution in [0.1, 0.15) is 40.5 Å². The predicted octanol–water partition coefficient (Wildman–Crippen LogP) is 1.90. The van der Waals surface area contributed by atoms with Gasteiger partial charge in [-0.2, -0.15) is 0 Å². The number of amides is 2. The summed E-state index contributed by atoms with van der Waals surface area (Å²) in [5.41, 5.74) is 0.0845. The van der Waals surface area contributed by atoms with Crippen molar-refractivity contribution in [1.82, 2.24) is 10.6 Å². The summed E-state index contributed by atoms with van der Waals surface area (Å²) in [6, 6.07) is 0.0509. The monoisotopic (exact) mass is 228 g/mol. The third-order valence-corrected chi connectivity index (χ3v) is 3.16. The van der Waals surface area contributed by atoms with Crippen LogP contribution in [0.2, 0.25) is 0 Å². The number of urea groups is 1. The largest absolute Gasteiger partial charge is 0.376 e. The molecular formula is C12H24N2O2. The smallest absolute Gasteiger partial charge is 0.315 e. The number of ether oxygens (including phenoxy) is 1. The van der Waals surface area contributed by atoms with E-state index in [2.05, 4.69) is 31.4 Å². The minimum Gasteiger partial charge on any atom is -0.376 e. The average Bonchev–Trinajstić information content (AvgIpc) is 2.65. The highest BCUT2D eigenvalue weighted by molar-refractivity contribution is 5.74. The van der Waals surface area contributed by atoms with Gasteiger partial charge in [0.1, 0.15) is 0 Å². The van der Waals surface area contributed by atoms with Crippen molar-refractivity contribution in [1.29, 1.82) is 0 Å². The third kappa shape index (κ3) is 4.39. The average molecular weight is 228 g/mol. The Balaban J connectivity index is 2.20. The highest BCUT2D eigenvalue weighted by Gasteiger charge is 2.22. The van der Waals surface area contributed by atoms with Crippen LogP contribution < -0.4 is 10.6 Å². The van der Waals surface area contributed by atoms with E-state index in [0.29, 0.717) is 6.54 Å². The van der Waals surface area contributed by atoms with Gasteiger partial charge in [-0.3, -0.25) is 0 Å². The van der Waals surface area contributed by atoms with Gasteiger partial charge in [-0.25, -0.2) is 4.79 Å². The summed E-state index contributed by atoms with van der Waals surface area (Å²) in [5, 5.41) is 5.79. The van der Waals surface area contributed by atoms with Crippen LogP contribution in [-0.4, -0.2) is 31.3 Å². The second kappa shape index (κ2) is 5.53. The van der Waals surface area contributed by atoms with E-state index in [-0.39, 0.29) is 23.6 Å². The Labute approximate surface area is 98.1 Å². The lowest BCUT2D eigenvalue weighted by molar-refractivity contribution is 0.111. The molecule has 94 valence electrons. The summed E-state index contributed by atoms with van der Waals surface area (Å²) >= 11 is 0. The van der Waals surface area contributed by atoms with Crippen molar-refractivity contribution in [2.45, 2.75) is 52.7 Å². The van der Waals surface area contributed by atoms with Gasteiger partial charge in [0.25, 0.3) is 0 Å². The second-order valence-electron chi connectivity index (χ2n) is 5.58. The highest BCUT2D eigenvalue weighted by Crippen LogP contribution is 2.18. The molecule has 0 bridgehead atoms. The molecule has 1 fully saturated rings. The van der Waals surface area contributed by atoms with Crippen molar-refractivity contribution in [3.05, 3.63) is 0 Å². The van der Waals surface area contributed by atoms with Crippen LogP contribution in [0.5, 0.6) is 0 Å². The van der Waals surface area contributed by atoms with Crippen LogP contribution in [0.3, 0.4) is 0 Å². The highest BCUT2D eigenvalue weighted by atomic mass is 16.5. The molecule has 4 nitrogen and oxygen atoms in total. The van der Waals surface area contributed by atoms with E-state index in [1.54, 1.807) is 0 Å². The van der Waals surface area contributed by atoms with Gasteiger partial charge in [-0.1, -0.05) is 20.8 Å². The van der Waals surface area contributed by atoms with Crippen molar-refractivity contribution in [2.75, 3.05) is 13.2 Å². The minimum absolute atomic E-state index is 0.0845. The van der Waals surface area contributed by atoms with Gasteiger partial charge < -0.3 is 15.4 Å². The Bertz CT molecular complexity index is 230. The topological polar surface area (TPSA) is 50.4 Å². The molecule has 0 aromatic heterocycles. The molecule has 1 rings (SSSR count). The molecule has 0 aromatic rings. The summed E-state index contributed by atoms with van der Waals surface area (Å²) in [6.45, 7) is 9.79. The standard InChI is InChI=1S/C12H24N2O2/c1-9(12(2,3)4)14-11(15)13-8-10-6-5-7-16-10/h9-10H,5-8H2,1-4H3,(H2,13,14,15)/t9-,10+/m0/s1. The number of nitrogens with one attached hydrogen (secondary N) is 2. The van der Waals surface area contributed by atoms with Crippen LogP contribution in [0, 0.1) is 5.41 Å². The number of hydrogen-bond acceptors (Lipinski definition) is 2. The zero-order valence-electron chi connectivity index (χ0n) is 10.8. The Kier molecular flexibility index (Phi) is 4.59. The van der Waals surface area contributed by atoms with Crippen LogP contribution in [0.25, 0.3) is 0 Å². The number of carbonyl (C=O) groups excluding carboxylic acids is 1. The van der Waals surface area contributed by atoms with E-state index in [1.807, 2.05) is 6.92 Å². The minimum atomic E-state index is -0.0991. The predicted molar refractivity (Wildman–Crippen MR) is 64.4 cm³/mol. The lowest BCUT2D eigenvalue weighted by Crippen LogP contribution is -2.47. The molecule has 2 N–H and O–H groups in total. The molecule has 2 atom stereocenters. The molecule has 0 aromatic carbocycles. The van der Waals surface area contributed by atoms with Crippen molar-refractivity contribution in [3.63, 3.8) is 0 Å². The number of hydrogen-bond donors (Lipinski definition) is 2. The van der Waals surface area contributed by atoms with Gasteiger partial charge >= 0.3 is 6.03 Å². The van der Waals surface area contributed by atoms with Crippen molar-refractivity contribution >= 4 is 6.03 Å². The van der Waals surface area contributed by atoms with Crippen molar-refractivity contribution in [3.8, 4) is 0 Å². The quantitative estimate of drug-likeness (QED) is 0.775. The molecule has 1 saturated heterocycles. The first-order valence-corrected chi connectivity index (χ1v) is 6.05. The second-order valence-corrected chi connectivity index (χ2v) is 5.58. The SMILES string of the molecule is C[C@H](NC(=O)NC[C@H]1CCCO1)C(C)(C)C. The summed E-state index contributed by atoms with van der Waals surface area (Å²) in [4.78, 5) is 11.6. The third-order valence-electron chi connectivity index (χ3n) is 3.16. The Morgan fingerprint density at radius 3 is 2.69 bits per heavy atom. The fourth-order valence-electron chi connectivity index (χ4n) is 1.48. The van der Waals surface area contributed by atoms with Crippen molar-refractivity contribution in [2.24, 2.45) is 5.41 Å². The van der Waals surface area contributed by atoms with Gasteiger partial charge in [-0.15, -0.1) is 0 Å². The van der Waals surface area contributed by atoms with Crippen LogP contribution >= 0.6 is 0 Å². The molecule has 0 spiro atoms. The van der Waals surface area contributed by atoms with E-state index >= 15 is 0 Å². The molecule has 1 aliphatic rings. The number of carbonyl (C=O) groups is 1. The lowest BCUT2D eigenvalue weighted by Gasteiger charge is -2.28. The molecular weight excluding hydrogens is 204 g/mol. The molecule has 0 aliphatic carbocycles. The maximum absolute atomic E-state index is 11.6. The first-order valence-electron chi connectivity index (χ1n) is 6.05. The van der Waals surface area contributed by atoms with Gasteiger partial charge in [0, 0.05) is 19.2 Å². The summed E-state index contributed by atoms with van der Waals surface area (Å²) in [6.07, 6.45) is 2.36. The van der Waals surface area contributed by atoms with Crippen LogP contribution in [-0.2, 0) is 4.74 Å². The van der Waals surface area contributed by atoms with E-state index < -0.39 is 0 Å². The van der Waals surface area contributed by atoms with Gasteiger partial charge in [0.05, 0.1) is 6.10 Å². The van der Waals surface area contributed by atoms with Crippen LogP contribution in [0.4, 0.5) is 4.79 Å². The fourth-order valence-corrected chi connectivity index (χ4v) is 1.48. The zero-order chi connectivity index (χ0) is 12.2. The fraction of sp³-hybridized carbons (Fsp3) is 0.917. The maximum atomic E-state index is 11.6. The Morgan fingerprint density at radius 2 is 2.19 bits per heavy atom. The maximum Gasteiger partial charge on any atom is 0.315 e. The molecule has 0 unspecified atom stereocenters. The summed E-state index contributed by atoms with van der Waals surface area (Å²) in [5.74, 6) is 0. The first kappa shape index (κ1) is 13.3. The molecule has 16 heavy (non-hydrogen) atoms. The normalized spacial score (nSPS) is 22.9. The van der Waals surface area contributed by atoms with Gasteiger partial charge in [-0.05, 0) is 25.2 Å². The van der Waals surface area contributed by atoms with Crippen molar-refractivity contribution < 1.29 is 9.53 Å². The van der Waals surface area contributed by atoms with E-state index in [9.17, 15) is 4.79 Å². The van der Waals surface area contributed by atoms with Crippen LogP contribution in [0.15, 0.2) is 0 Å². The molecule has 0 radical (unpaired) electrons. The molecule has 1 aliphatic heterocycles. The first-order chi connectivity index (χ1) is 7.39. The summed E-state index contributed by atoms with van der Waals surface area (Å²) < 4.78 is 5.43. The van der Waals surface area contributed by atoms with Gasteiger partial charge in [0.2, 0.25) is 0 Å². The summed E-state index contributed by atoms with van der Waals surface area (Å²) in [7, 11) is 0. The molecule has 0 saturated carbocycles. The molecule has 2 amide bonds. The lowest BCUT2D eigenvalue weighted by atomic mass is 9.88. The van der Waals surface area contributed by atoms with E-state index in [1.165, 1.54) is 0 Å². The Morgan fingerprint density at radius 1 is 1.50 bits per heavy atom. The van der Waals surface area contributed by atoms with E-state index in [0.717, 1.165) is 19.4 Å².